The number of nitrogens with zero attached hydrogens (tertiary/aromatic N) is 1. The first-order valence-electron chi connectivity index (χ1n) is 8.09. The molecule has 0 saturated carbocycles. The maximum atomic E-state index is 11.9. The Labute approximate surface area is 138 Å². The van der Waals surface area contributed by atoms with E-state index in [0.717, 1.165) is 18.5 Å². The van der Waals surface area contributed by atoms with Gasteiger partial charge in [-0.15, -0.1) is 0 Å². The summed E-state index contributed by atoms with van der Waals surface area (Å²) in [5.74, 6) is 0.173. The van der Waals surface area contributed by atoms with Gasteiger partial charge in [0.25, 0.3) is 0 Å². The van der Waals surface area contributed by atoms with Crippen molar-refractivity contribution in [2.24, 2.45) is 0 Å². The lowest BCUT2D eigenvalue weighted by Crippen LogP contribution is -2.38. The van der Waals surface area contributed by atoms with Crippen molar-refractivity contribution >= 4 is 27.3 Å². The van der Waals surface area contributed by atoms with E-state index in [-0.39, 0.29) is 17.7 Å². The van der Waals surface area contributed by atoms with Gasteiger partial charge in [0.1, 0.15) is 6.04 Å². The Morgan fingerprint density at radius 2 is 2.00 bits per heavy atom. The number of amides is 1. The molecule has 0 bridgehead atoms. The van der Waals surface area contributed by atoms with Crippen molar-refractivity contribution in [2.45, 2.75) is 39.2 Å². The second-order valence-corrected chi connectivity index (χ2v) is 7.81. The molecule has 6 nitrogen and oxygen atoms in total. The molecule has 2 N–H and O–H groups in total. The van der Waals surface area contributed by atoms with Gasteiger partial charge in [-0.25, -0.2) is 8.42 Å². The number of anilines is 2. The highest BCUT2D eigenvalue weighted by molar-refractivity contribution is 7.93. The minimum atomic E-state index is -3.15. The molecule has 7 heteroatoms. The van der Waals surface area contributed by atoms with Crippen LogP contribution in [0, 0.1) is 0 Å². The Morgan fingerprint density at radius 1 is 1.30 bits per heavy atom. The lowest BCUT2D eigenvalue weighted by molar-refractivity contribution is -0.121. The third-order valence-corrected chi connectivity index (χ3v) is 5.73. The van der Waals surface area contributed by atoms with Gasteiger partial charge in [0.05, 0.1) is 11.4 Å². The Balaban J connectivity index is 1.93. The predicted octanol–water partition coefficient (Wildman–Crippen LogP) is 1.94. The van der Waals surface area contributed by atoms with Crippen molar-refractivity contribution in [3.05, 3.63) is 24.3 Å². The smallest absolute Gasteiger partial charge is 0.242 e. The summed E-state index contributed by atoms with van der Waals surface area (Å²) >= 11 is 0. The Kier molecular flexibility index (Phi) is 5.87. The van der Waals surface area contributed by atoms with E-state index < -0.39 is 10.0 Å². The molecule has 1 fully saturated rings. The Bertz CT molecular complexity index is 628. The first-order chi connectivity index (χ1) is 10.9. The highest BCUT2D eigenvalue weighted by Crippen LogP contribution is 2.25. The summed E-state index contributed by atoms with van der Waals surface area (Å²) in [5.41, 5.74) is 1.47. The lowest BCUT2D eigenvalue weighted by atomic mass is 10.2. The van der Waals surface area contributed by atoms with E-state index in [1.54, 1.807) is 31.2 Å². The predicted molar refractivity (Wildman–Crippen MR) is 93.2 cm³/mol. The number of hydrogen-bond acceptors (Lipinski definition) is 4. The van der Waals surface area contributed by atoms with Gasteiger partial charge in [-0.05, 0) is 44.0 Å². The molecular formula is C16H25N3O3S. The molecule has 2 rings (SSSR count). The van der Waals surface area contributed by atoms with Gasteiger partial charge in [0.15, 0.2) is 0 Å². The molecule has 1 saturated heterocycles. The van der Waals surface area contributed by atoms with E-state index in [2.05, 4.69) is 17.6 Å². The molecule has 1 amide bonds. The zero-order valence-electron chi connectivity index (χ0n) is 13.7. The molecule has 23 heavy (non-hydrogen) atoms. The van der Waals surface area contributed by atoms with E-state index in [0.29, 0.717) is 25.2 Å². The average molecular weight is 339 g/mol. The summed E-state index contributed by atoms with van der Waals surface area (Å²) in [4.78, 5) is 11.9. The second-order valence-electron chi connectivity index (χ2n) is 5.80. The first kappa shape index (κ1) is 17.6. The van der Waals surface area contributed by atoms with Crippen molar-refractivity contribution in [3.8, 4) is 0 Å². The standard InChI is InChI=1S/C16H25N3O3S/c1-3-4-10-17-16(20)13(2)18-14-6-8-15(9-7-14)19-11-5-12-23(19,21)22/h6-9,13,18H,3-5,10-12H2,1-2H3,(H,17,20). The highest BCUT2D eigenvalue weighted by atomic mass is 32.2. The number of carbonyl (C=O) groups is 1. The monoisotopic (exact) mass is 339 g/mol. The summed E-state index contributed by atoms with van der Waals surface area (Å²) in [6.07, 6.45) is 2.68. The zero-order chi connectivity index (χ0) is 16.9. The Morgan fingerprint density at radius 3 is 2.57 bits per heavy atom. The fourth-order valence-corrected chi connectivity index (χ4v) is 4.07. The molecule has 0 aromatic heterocycles. The lowest BCUT2D eigenvalue weighted by Gasteiger charge is -2.19. The molecule has 0 aliphatic carbocycles. The van der Waals surface area contributed by atoms with Crippen LogP contribution >= 0.6 is 0 Å². The number of nitrogens with one attached hydrogen (secondary N) is 2. The van der Waals surface area contributed by atoms with Crippen LogP contribution in [0.1, 0.15) is 33.1 Å². The third-order valence-electron chi connectivity index (χ3n) is 3.86. The minimum Gasteiger partial charge on any atom is -0.374 e. The van der Waals surface area contributed by atoms with E-state index in [1.807, 2.05) is 0 Å². The van der Waals surface area contributed by atoms with Crippen LogP contribution in [0.4, 0.5) is 11.4 Å². The first-order valence-corrected chi connectivity index (χ1v) is 9.69. The van der Waals surface area contributed by atoms with Crippen LogP contribution in [0.25, 0.3) is 0 Å². The molecule has 1 unspecified atom stereocenters. The van der Waals surface area contributed by atoms with Gasteiger partial charge in [0, 0.05) is 18.8 Å². The van der Waals surface area contributed by atoms with Crippen LogP contribution in [-0.2, 0) is 14.8 Å². The summed E-state index contributed by atoms with van der Waals surface area (Å²) in [6.45, 7) is 5.11. The van der Waals surface area contributed by atoms with Crippen LogP contribution in [0.5, 0.6) is 0 Å². The van der Waals surface area contributed by atoms with Crippen molar-refractivity contribution in [3.63, 3.8) is 0 Å². The third kappa shape index (κ3) is 4.60. The van der Waals surface area contributed by atoms with Crippen molar-refractivity contribution < 1.29 is 13.2 Å². The fourth-order valence-electron chi connectivity index (χ4n) is 2.51. The van der Waals surface area contributed by atoms with E-state index in [1.165, 1.54) is 4.31 Å². The maximum absolute atomic E-state index is 11.9. The SMILES string of the molecule is CCCCNC(=O)C(C)Nc1ccc(N2CCCS2(=O)=O)cc1. The largest absolute Gasteiger partial charge is 0.374 e. The van der Waals surface area contributed by atoms with Crippen LogP contribution < -0.4 is 14.9 Å². The molecule has 1 aliphatic rings. The summed E-state index contributed by atoms with van der Waals surface area (Å²) in [7, 11) is -3.15. The van der Waals surface area contributed by atoms with Crippen LogP contribution in [0.15, 0.2) is 24.3 Å². The van der Waals surface area contributed by atoms with Gasteiger partial charge in [-0.2, -0.15) is 0 Å². The van der Waals surface area contributed by atoms with Crippen molar-refractivity contribution in [1.82, 2.24) is 5.32 Å². The van der Waals surface area contributed by atoms with Gasteiger partial charge in [-0.3, -0.25) is 9.10 Å². The zero-order valence-corrected chi connectivity index (χ0v) is 14.5. The molecule has 0 radical (unpaired) electrons. The Hall–Kier alpha value is -1.76. The van der Waals surface area contributed by atoms with Gasteiger partial charge in [-0.1, -0.05) is 13.3 Å². The van der Waals surface area contributed by atoms with Crippen LogP contribution in [0.2, 0.25) is 0 Å². The quantitative estimate of drug-likeness (QED) is 0.744. The normalized spacial score (nSPS) is 17.7. The van der Waals surface area contributed by atoms with Crippen molar-refractivity contribution in [2.75, 3.05) is 28.5 Å². The van der Waals surface area contributed by atoms with Crippen LogP contribution in [0.3, 0.4) is 0 Å². The number of rotatable bonds is 7. The number of hydrogen-bond donors (Lipinski definition) is 2. The van der Waals surface area contributed by atoms with Gasteiger partial charge < -0.3 is 10.6 Å². The van der Waals surface area contributed by atoms with Gasteiger partial charge in [0.2, 0.25) is 15.9 Å². The number of carbonyl (C=O) groups excluding carboxylic acids is 1. The molecule has 1 aliphatic heterocycles. The van der Waals surface area contributed by atoms with Crippen molar-refractivity contribution in [1.29, 1.82) is 0 Å². The topological polar surface area (TPSA) is 78.5 Å². The van der Waals surface area contributed by atoms with Crippen LogP contribution in [-0.4, -0.2) is 39.2 Å². The molecule has 1 heterocycles. The highest BCUT2D eigenvalue weighted by Gasteiger charge is 2.28. The molecule has 1 atom stereocenters. The summed E-state index contributed by atoms with van der Waals surface area (Å²) < 4.78 is 25.2. The molecule has 1 aromatic rings. The molecular weight excluding hydrogens is 314 g/mol. The minimum absolute atomic E-state index is 0.0374. The van der Waals surface area contributed by atoms with E-state index in [9.17, 15) is 13.2 Å². The average Bonchev–Trinajstić information content (AvgIpc) is 2.87. The summed E-state index contributed by atoms with van der Waals surface area (Å²) in [5, 5.41) is 6.01. The molecule has 0 spiro atoms. The number of sulfonamides is 1. The molecule has 1 aromatic carbocycles. The number of benzene rings is 1. The fraction of sp³-hybridized carbons (Fsp3) is 0.562. The van der Waals surface area contributed by atoms with Gasteiger partial charge >= 0.3 is 0 Å². The van der Waals surface area contributed by atoms with E-state index >= 15 is 0 Å². The number of unbranched alkanes of at least 4 members (excludes halogenated alkanes) is 1. The van der Waals surface area contributed by atoms with E-state index in [4.69, 9.17) is 0 Å². The molecule has 128 valence electrons. The summed E-state index contributed by atoms with van der Waals surface area (Å²) in [6, 6.07) is 6.81. The maximum Gasteiger partial charge on any atom is 0.242 e. The second kappa shape index (κ2) is 7.68.